The first kappa shape index (κ1) is 67.8. The van der Waals surface area contributed by atoms with Gasteiger partial charge in [0.2, 0.25) is 0 Å². The molecule has 0 saturated carbocycles. The first-order valence-electron chi connectivity index (χ1n) is 25.1. The first-order chi connectivity index (χ1) is 31.6. The summed E-state index contributed by atoms with van der Waals surface area (Å²) < 4.78 is 150. The largest absolute Gasteiger partial charge is 0.651 e. The highest BCUT2D eigenvalue weighted by Crippen LogP contribution is 2.49. The predicted octanol–water partition coefficient (Wildman–Crippen LogP) is 7.83. The Balaban J connectivity index is 2.28. The minimum atomic E-state index is -5.16. The monoisotopic (exact) mass is 1350 g/mol. The van der Waals surface area contributed by atoms with Crippen molar-refractivity contribution in [2.75, 3.05) is 6.54 Å². The molecule has 0 aromatic heterocycles. The van der Waals surface area contributed by atoms with Gasteiger partial charge >= 0.3 is 63.3 Å². The second-order valence-corrected chi connectivity index (χ2v) is 97.0. The lowest BCUT2D eigenvalue weighted by molar-refractivity contribution is -0.0956. The minimum Gasteiger partial charge on any atom is -0.441 e. The second kappa shape index (κ2) is 22.5. The summed E-state index contributed by atoms with van der Waals surface area (Å²) in [4.78, 5) is 0. The maximum Gasteiger partial charge on any atom is 0.651 e. The lowest BCUT2D eigenvalue weighted by Crippen LogP contribution is -2.88. The Bertz CT molecular complexity index is 1840. The number of rotatable bonds is 24. The average Bonchev–Trinajstić information content (AvgIpc) is 2.96. The molecule has 4 saturated heterocycles. The number of hydrogen-bond acceptors (Lipinski definition) is 21. The van der Waals surface area contributed by atoms with Crippen LogP contribution in [0.15, 0.2) is 0 Å². The van der Waals surface area contributed by atoms with Crippen LogP contribution in [-0.4, -0.2) is 177 Å². The zero-order valence-electron chi connectivity index (χ0n) is 49.6. The minimum absolute atomic E-state index is 0.680. The topological polar surface area (TPSA) is 188 Å². The van der Waals surface area contributed by atoms with Crippen molar-refractivity contribution in [3.63, 3.8) is 0 Å². The van der Waals surface area contributed by atoms with E-state index in [1.807, 2.05) is 118 Å². The molecule has 0 N–H and O–H groups in total. The Morgan fingerprint density at radius 1 is 0.361 bits per heavy atom. The van der Waals surface area contributed by atoms with Gasteiger partial charge in [0, 0.05) is 0 Å². The Morgan fingerprint density at radius 2 is 0.653 bits per heavy atom. The van der Waals surface area contributed by atoms with Crippen LogP contribution >= 0.6 is 0 Å². The average molecular weight is 1350 g/mol. The Kier molecular flexibility index (Phi) is 21.1. The van der Waals surface area contributed by atoms with Gasteiger partial charge in [0.15, 0.2) is 66.5 Å². The molecule has 0 aromatic rings. The van der Waals surface area contributed by atoms with E-state index in [4.69, 9.17) is 82.3 Å². The molecule has 4 fully saturated rings. The molecule has 21 nitrogen and oxygen atoms in total. The standard InChI is InChI=1S/C32H97NO20Si19/c1-56(2,3)33(57(4,5)6)31-30-32-65(28,29)44-72-49-66(38-59(10,11)12,35-54-34-58(7,8)9)45-69(41-62(19,20)21)46-67(39-60(13,14)15)36-55-37-68(50-72,40-61(16,17)18)48-70(47-67,42-63(22,23)24)52-71(51-69,53-72)43-64(25,26)27/h30-32,54-55H2,1-29H3. The highest BCUT2D eigenvalue weighted by molar-refractivity contribution is 7.01. The molecule has 7 unspecified atom stereocenters. The van der Waals surface area contributed by atoms with Crippen LogP contribution in [0.4, 0.5) is 0 Å². The summed E-state index contributed by atoms with van der Waals surface area (Å²) in [5, 5.41) is 0. The van der Waals surface area contributed by atoms with Crippen LogP contribution < -0.4 is 0 Å². The summed E-state index contributed by atoms with van der Waals surface area (Å²) in [6, 6.07) is 0.680. The molecule has 0 spiro atoms. The molecular formula is C32H97NO20Si19. The van der Waals surface area contributed by atoms with Gasteiger partial charge in [0.05, 0.1) is 0 Å². The van der Waals surface area contributed by atoms with Crippen molar-refractivity contribution < 1.29 is 82.3 Å². The van der Waals surface area contributed by atoms with Gasteiger partial charge in [-0.3, -0.25) is 0 Å². The third-order valence-corrected chi connectivity index (χ3v) is 70.0. The summed E-state index contributed by atoms with van der Waals surface area (Å²) >= 11 is 0. The molecule has 4 aliphatic heterocycles. The predicted molar refractivity (Wildman–Crippen MR) is 323 cm³/mol. The molecule has 7 atom stereocenters. The highest BCUT2D eigenvalue weighted by Gasteiger charge is 2.87. The Hall–Kier alpha value is 3.28. The summed E-state index contributed by atoms with van der Waals surface area (Å²) in [5.74, 6) is 0. The SMILES string of the molecule is C[Si](C)(C)O[SiH2]O[Si]1(O[Si](C)(C)C)O[Si]2(O[Si](C)(C)C)O[Si]3(O[Si](C)(C)C)O[SiH2]O[Si]4(O[Si](C)(C)C)O[Si](O[Si](C)(C)C)(O3)O[Si](O[Si](C)(C)C)(O2)O[Si](O[Si](C)(C)CCCN([Si](C)(C)C)[Si](C)(C)C)(O1)O4. The van der Waals surface area contributed by atoms with E-state index in [0.29, 0.717) is 6.04 Å². The molecule has 426 valence electrons. The van der Waals surface area contributed by atoms with Crippen molar-refractivity contribution in [1.29, 1.82) is 0 Å². The molecule has 4 rings (SSSR count). The van der Waals surface area contributed by atoms with E-state index in [9.17, 15) is 0 Å². The number of nitrogens with zero attached hydrogens (tertiary/aromatic N) is 1. The van der Waals surface area contributed by atoms with Gasteiger partial charge in [-0.25, -0.2) is 0 Å². The van der Waals surface area contributed by atoms with Gasteiger partial charge in [0.25, 0.3) is 20.0 Å². The maximum atomic E-state index is 7.71. The van der Waals surface area contributed by atoms with E-state index in [1.165, 1.54) is 0 Å². The second-order valence-electron chi connectivity index (χ2n) is 28.1. The van der Waals surface area contributed by atoms with Crippen molar-refractivity contribution in [3.8, 4) is 0 Å². The molecule has 40 heteroatoms. The van der Waals surface area contributed by atoms with Crippen LogP contribution in [0.5, 0.6) is 0 Å². The molecule has 0 radical (unpaired) electrons. The van der Waals surface area contributed by atoms with Crippen molar-refractivity contribution in [1.82, 2.24) is 4.23 Å². The summed E-state index contributed by atoms with van der Waals surface area (Å²) in [7, 11) is -64.9. The summed E-state index contributed by atoms with van der Waals surface area (Å²) in [6.45, 7) is 61.9. The van der Waals surface area contributed by atoms with Crippen LogP contribution in [0.3, 0.4) is 0 Å². The zero-order valence-corrected chi connectivity index (χ0v) is 69.5. The highest BCUT2D eigenvalue weighted by atomic mass is 28.7. The molecule has 4 heterocycles. The van der Waals surface area contributed by atoms with Gasteiger partial charge in [0.1, 0.15) is 16.5 Å². The Morgan fingerprint density at radius 3 is 0.958 bits per heavy atom. The lowest BCUT2D eigenvalue weighted by atomic mass is 10.5. The number of hydrogen-bond donors (Lipinski definition) is 0. The Labute approximate surface area is 458 Å². The van der Waals surface area contributed by atoms with Crippen molar-refractivity contribution in [2.24, 2.45) is 0 Å². The lowest BCUT2D eigenvalue weighted by Gasteiger charge is -2.57. The molecule has 72 heavy (non-hydrogen) atoms. The van der Waals surface area contributed by atoms with Crippen LogP contribution in [0.25, 0.3) is 0 Å². The molecule has 4 aliphatic rings. The van der Waals surface area contributed by atoms with Gasteiger partial charge in [-0.1, -0.05) is 39.3 Å². The van der Waals surface area contributed by atoms with E-state index in [2.05, 4.69) is 76.2 Å². The summed E-state index contributed by atoms with van der Waals surface area (Å²) in [6.07, 6.45) is 0.838. The van der Waals surface area contributed by atoms with Crippen LogP contribution in [0, 0.1) is 0 Å². The van der Waals surface area contributed by atoms with Crippen molar-refractivity contribution >= 4 is 166 Å². The molecule has 0 aliphatic carbocycles. The van der Waals surface area contributed by atoms with Gasteiger partial charge in [-0.2, -0.15) is 0 Å². The molecular weight excluding hydrogens is 1250 g/mol. The van der Waals surface area contributed by atoms with Crippen molar-refractivity contribution in [3.05, 3.63) is 0 Å². The smallest absolute Gasteiger partial charge is 0.441 e. The van der Waals surface area contributed by atoms with E-state index < -0.39 is 166 Å². The molecule has 0 amide bonds. The van der Waals surface area contributed by atoms with Crippen LogP contribution in [0.2, 0.25) is 196 Å². The quantitative estimate of drug-likeness (QED) is 0.0850. The third kappa shape index (κ3) is 21.2. The normalized spacial score (nSPS) is 33.6. The fourth-order valence-corrected chi connectivity index (χ4v) is 80.1. The van der Waals surface area contributed by atoms with Crippen LogP contribution in [0.1, 0.15) is 6.42 Å². The van der Waals surface area contributed by atoms with Gasteiger partial charge in [-0.15, -0.1) is 0 Å². The maximum absolute atomic E-state index is 7.71. The van der Waals surface area contributed by atoms with E-state index in [-0.39, 0.29) is 0 Å². The third-order valence-electron chi connectivity index (χ3n) is 9.22. The van der Waals surface area contributed by atoms with E-state index in [1.54, 1.807) is 0 Å². The van der Waals surface area contributed by atoms with E-state index in [0.717, 1.165) is 13.0 Å². The van der Waals surface area contributed by atoms with Gasteiger partial charge < -0.3 is 86.5 Å². The number of fused-ring (bicyclic) bond motifs is 4. The first-order valence-corrected chi connectivity index (χ1v) is 72.7. The molecule has 6 bridgehead atoms. The zero-order chi connectivity index (χ0) is 55.8. The summed E-state index contributed by atoms with van der Waals surface area (Å²) in [5.41, 5.74) is 0. The molecule has 0 aromatic carbocycles. The fourth-order valence-electron chi connectivity index (χ4n) is 7.76. The van der Waals surface area contributed by atoms with E-state index >= 15 is 0 Å². The van der Waals surface area contributed by atoms with Crippen LogP contribution in [-0.2, 0) is 82.3 Å². The van der Waals surface area contributed by atoms with Gasteiger partial charge in [-0.05, 0) is 170 Å². The van der Waals surface area contributed by atoms with Crippen molar-refractivity contribution in [2.45, 2.75) is 202 Å². The fraction of sp³-hybridized carbons (Fsp3) is 1.00.